The highest BCUT2D eigenvalue weighted by Crippen LogP contribution is 2.14. The lowest BCUT2D eigenvalue weighted by molar-refractivity contribution is -0.130. The Morgan fingerprint density at radius 1 is 1.33 bits per heavy atom. The molecule has 1 fully saturated rings. The Balaban J connectivity index is 0.00000450. The highest BCUT2D eigenvalue weighted by Gasteiger charge is 2.22. The second-order valence-corrected chi connectivity index (χ2v) is 10.0. The third-order valence-electron chi connectivity index (χ3n) is 4.56. The molecule has 30 heavy (non-hydrogen) atoms. The molecule has 0 bridgehead atoms. The van der Waals surface area contributed by atoms with Crippen LogP contribution in [-0.4, -0.2) is 89.5 Å². The second kappa shape index (κ2) is 13.5. The summed E-state index contributed by atoms with van der Waals surface area (Å²) < 4.78 is 27.1. The van der Waals surface area contributed by atoms with Crippen molar-refractivity contribution in [3.63, 3.8) is 0 Å². The fraction of sp³-hybridized carbons (Fsp3) is 0.667. The van der Waals surface area contributed by atoms with Gasteiger partial charge in [0.2, 0.25) is 15.9 Å². The van der Waals surface area contributed by atoms with Crippen molar-refractivity contribution in [2.75, 3.05) is 53.4 Å². The Labute approximate surface area is 200 Å². The van der Waals surface area contributed by atoms with Crippen molar-refractivity contribution in [3.8, 4) is 0 Å². The molecular formula is C18H33IN6O3S2. The zero-order chi connectivity index (χ0) is 21.3. The molecule has 172 valence electrons. The number of aliphatic imine (C=N–C) groups is 1. The van der Waals surface area contributed by atoms with Crippen molar-refractivity contribution >= 4 is 57.2 Å². The summed E-state index contributed by atoms with van der Waals surface area (Å²) in [7, 11) is 0.0935. The average molecular weight is 573 g/mol. The van der Waals surface area contributed by atoms with Gasteiger partial charge in [-0.15, -0.1) is 35.3 Å². The number of nitrogens with one attached hydrogen (secondary N) is 3. The molecule has 2 heterocycles. The normalized spacial score (nSPS) is 16.0. The maximum atomic E-state index is 12.1. The van der Waals surface area contributed by atoms with Gasteiger partial charge in [0.15, 0.2) is 5.96 Å². The third-order valence-corrected chi connectivity index (χ3v) is 7.42. The predicted octanol–water partition coefficient (Wildman–Crippen LogP) is 0.752. The summed E-state index contributed by atoms with van der Waals surface area (Å²) in [5, 5.41) is 8.36. The van der Waals surface area contributed by atoms with Gasteiger partial charge in [-0.05, 0) is 31.2 Å². The maximum Gasteiger partial charge on any atom is 0.250 e. The molecule has 0 saturated carbocycles. The number of nitrogens with zero attached hydrogens (tertiary/aromatic N) is 3. The van der Waals surface area contributed by atoms with Gasteiger partial charge < -0.3 is 15.5 Å². The minimum Gasteiger partial charge on any atom is -0.357 e. The van der Waals surface area contributed by atoms with Gasteiger partial charge in [-0.2, -0.15) is 0 Å². The maximum absolute atomic E-state index is 12.1. The monoisotopic (exact) mass is 572 g/mol. The summed E-state index contributed by atoms with van der Waals surface area (Å²) in [6.45, 7) is 5.47. The molecule has 1 aromatic rings. The zero-order valence-electron chi connectivity index (χ0n) is 17.8. The van der Waals surface area contributed by atoms with E-state index in [0.717, 1.165) is 32.5 Å². The number of rotatable bonds is 9. The molecule has 0 aromatic carbocycles. The largest absolute Gasteiger partial charge is 0.357 e. The Morgan fingerprint density at radius 3 is 2.60 bits per heavy atom. The van der Waals surface area contributed by atoms with E-state index < -0.39 is 10.0 Å². The van der Waals surface area contributed by atoms with Crippen molar-refractivity contribution in [1.29, 1.82) is 0 Å². The highest BCUT2D eigenvalue weighted by atomic mass is 127. The molecule has 0 unspecified atom stereocenters. The minimum atomic E-state index is -3.45. The Bertz CT molecular complexity index is 763. The van der Waals surface area contributed by atoms with Crippen molar-refractivity contribution in [1.82, 2.24) is 25.2 Å². The highest BCUT2D eigenvalue weighted by molar-refractivity contribution is 14.0. The van der Waals surface area contributed by atoms with Gasteiger partial charge in [-0.3, -0.25) is 14.7 Å². The number of guanidine groups is 1. The molecule has 0 aliphatic carbocycles. The van der Waals surface area contributed by atoms with Crippen molar-refractivity contribution in [2.45, 2.75) is 30.0 Å². The Hall–Kier alpha value is -0.960. The predicted molar refractivity (Wildman–Crippen MR) is 132 cm³/mol. The lowest BCUT2D eigenvalue weighted by Gasteiger charge is -2.33. The molecule has 1 aliphatic rings. The van der Waals surface area contributed by atoms with E-state index in [1.807, 2.05) is 6.92 Å². The topological polar surface area (TPSA) is 106 Å². The first-order valence-corrected chi connectivity index (χ1v) is 12.2. The van der Waals surface area contributed by atoms with Gasteiger partial charge in [0.1, 0.15) is 4.21 Å². The Morgan fingerprint density at radius 2 is 2.03 bits per heavy atom. The van der Waals surface area contributed by atoms with Crippen LogP contribution in [0.2, 0.25) is 0 Å². The molecule has 9 nitrogen and oxygen atoms in total. The summed E-state index contributed by atoms with van der Waals surface area (Å²) in [4.78, 5) is 20.1. The van der Waals surface area contributed by atoms with Gasteiger partial charge in [0.25, 0.3) is 0 Å². The van der Waals surface area contributed by atoms with E-state index in [1.165, 1.54) is 11.3 Å². The number of carbonyl (C=O) groups is 1. The number of carbonyl (C=O) groups excluding carboxylic acids is 1. The smallest absolute Gasteiger partial charge is 0.250 e. The van der Waals surface area contributed by atoms with Crippen molar-refractivity contribution in [3.05, 3.63) is 17.5 Å². The van der Waals surface area contributed by atoms with Crippen LogP contribution in [0.4, 0.5) is 0 Å². The third kappa shape index (κ3) is 9.04. The first kappa shape index (κ1) is 27.1. The quantitative estimate of drug-likeness (QED) is 0.175. The van der Waals surface area contributed by atoms with E-state index in [9.17, 15) is 13.2 Å². The summed E-state index contributed by atoms with van der Waals surface area (Å²) >= 11 is 1.19. The minimum absolute atomic E-state index is 0. The summed E-state index contributed by atoms with van der Waals surface area (Å²) in [5.74, 6) is 0.807. The number of sulfonamides is 1. The summed E-state index contributed by atoms with van der Waals surface area (Å²) in [6.07, 6.45) is 1.85. The molecule has 1 saturated heterocycles. The van der Waals surface area contributed by atoms with Crippen LogP contribution in [0.15, 0.2) is 26.7 Å². The van der Waals surface area contributed by atoms with E-state index in [2.05, 4.69) is 25.2 Å². The van der Waals surface area contributed by atoms with Crippen molar-refractivity contribution in [2.24, 2.45) is 4.99 Å². The van der Waals surface area contributed by atoms with Crippen LogP contribution in [0.1, 0.15) is 19.8 Å². The molecule has 1 amide bonds. The van der Waals surface area contributed by atoms with Gasteiger partial charge in [0.05, 0.1) is 13.1 Å². The molecule has 12 heteroatoms. The number of piperidine rings is 1. The summed E-state index contributed by atoms with van der Waals surface area (Å²) in [6, 6.07) is 3.58. The molecule has 2 rings (SSSR count). The first-order chi connectivity index (χ1) is 13.8. The van der Waals surface area contributed by atoms with Gasteiger partial charge >= 0.3 is 0 Å². The SMILES string of the molecule is CCNC(=NCCNS(=O)(=O)c1cccs1)NC1CCN(CC(=O)N(C)C)CC1.I. The van der Waals surface area contributed by atoms with Crippen LogP contribution in [0, 0.1) is 0 Å². The van der Waals surface area contributed by atoms with Gasteiger partial charge in [0, 0.05) is 46.3 Å². The lowest BCUT2D eigenvalue weighted by atomic mass is 10.1. The van der Waals surface area contributed by atoms with Crippen LogP contribution < -0.4 is 15.4 Å². The van der Waals surface area contributed by atoms with Gasteiger partial charge in [-0.25, -0.2) is 13.1 Å². The Kier molecular flexibility index (Phi) is 12.1. The number of hydrogen-bond donors (Lipinski definition) is 3. The average Bonchev–Trinajstić information content (AvgIpc) is 3.22. The van der Waals surface area contributed by atoms with E-state index in [4.69, 9.17) is 0 Å². The number of thiophene rings is 1. The van der Waals surface area contributed by atoms with Crippen LogP contribution in [0.3, 0.4) is 0 Å². The molecule has 3 N–H and O–H groups in total. The first-order valence-electron chi connectivity index (χ1n) is 9.82. The number of likely N-dealkylation sites (tertiary alicyclic amines) is 1. The zero-order valence-corrected chi connectivity index (χ0v) is 21.7. The summed E-state index contributed by atoms with van der Waals surface area (Å²) in [5.41, 5.74) is 0. The van der Waals surface area contributed by atoms with E-state index in [1.54, 1.807) is 36.5 Å². The molecular weight excluding hydrogens is 539 g/mol. The standard InChI is InChI=1S/C18H32N6O3S2.HI/c1-4-19-18(20-9-10-21-29(26,27)17-6-5-13-28-17)22-15-7-11-24(12-8-15)14-16(25)23(2)3;/h5-6,13,15,21H,4,7-12,14H2,1-3H3,(H2,19,20,22);1H. The van der Waals surface area contributed by atoms with Crippen LogP contribution in [0.5, 0.6) is 0 Å². The lowest BCUT2D eigenvalue weighted by Crippen LogP contribution is -2.50. The molecule has 1 aromatic heterocycles. The van der Waals surface area contributed by atoms with Crippen LogP contribution in [-0.2, 0) is 14.8 Å². The number of amides is 1. The van der Waals surface area contributed by atoms with E-state index in [0.29, 0.717) is 23.3 Å². The molecule has 1 aliphatic heterocycles. The van der Waals surface area contributed by atoms with Crippen molar-refractivity contribution < 1.29 is 13.2 Å². The van der Waals surface area contributed by atoms with Crippen LogP contribution in [0.25, 0.3) is 0 Å². The fourth-order valence-corrected chi connectivity index (χ4v) is 4.98. The van der Waals surface area contributed by atoms with E-state index in [-0.39, 0.29) is 42.5 Å². The molecule has 0 atom stereocenters. The van der Waals surface area contributed by atoms with Gasteiger partial charge in [-0.1, -0.05) is 6.07 Å². The number of halogens is 1. The molecule has 0 spiro atoms. The number of hydrogen-bond acceptors (Lipinski definition) is 6. The van der Waals surface area contributed by atoms with Crippen LogP contribution >= 0.6 is 35.3 Å². The van der Waals surface area contributed by atoms with E-state index >= 15 is 0 Å². The second-order valence-electron chi connectivity index (χ2n) is 7.07. The molecule has 0 radical (unpaired) electrons. The fourth-order valence-electron chi connectivity index (χ4n) is 2.92. The number of likely N-dealkylation sites (N-methyl/N-ethyl adjacent to an activating group) is 1.